The van der Waals surface area contributed by atoms with Crippen molar-refractivity contribution in [2.24, 2.45) is 0 Å². The molecule has 9 heteroatoms. The molecular weight excluding hydrogens is 298 g/mol. The minimum atomic E-state index is -3.24. The summed E-state index contributed by atoms with van der Waals surface area (Å²) in [5.74, 6) is 0.0364. The Bertz CT molecular complexity index is 852. The van der Waals surface area contributed by atoms with Crippen LogP contribution in [0.5, 0.6) is 5.75 Å². The van der Waals surface area contributed by atoms with Crippen molar-refractivity contribution in [2.75, 3.05) is 0 Å². The van der Waals surface area contributed by atoms with Crippen LogP contribution in [0.3, 0.4) is 0 Å². The van der Waals surface area contributed by atoms with E-state index < -0.39 is 11.7 Å². The Hall–Kier alpha value is -2.84. The van der Waals surface area contributed by atoms with Crippen molar-refractivity contribution in [3.63, 3.8) is 0 Å². The highest BCUT2D eigenvalue weighted by atomic mass is 19.3. The van der Waals surface area contributed by atoms with Crippen molar-refractivity contribution >= 4 is 11.3 Å². The summed E-state index contributed by atoms with van der Waals surface area (Å²) in [6.07, 6.45) is -3.04. The van der Waals surface area contributed by atoms with E-state index >= 15 is 0 Å². The van der Waals surface area contributed by atoms with E-state index in [1.165, 1.54) is 12.1 Å². The van der Waals surface area contributed by atoms with E-state index in [2.05, 4.69) is 29.6 Å². The number of alkyl halides is 2. The van der Waals surface area contributed by atoms with Gasteiger partial charge in [-0.3, -0.25) is 9.78 Å². The molecule has 0 saturated heterocycles. The van der Waals surface area contributed by atoms with Gasteiger partial charge in [0.2, 0.25) is 11.3 Å². The molecule has 0 aliphatic carbocycles. The van der Waals surface area contributed by atoms with Gasteiger partial charge in [-0.1, -0.05) is 12.1 Å². The van der Waals surface area contributed by atoms with E-state index in [0.29, 0.717) is 12.5 Å². The predicted octanol–water partition coefficient (Wildman–Crippen LogP) is 1.89. The summed E-state index contributed by atoms with van der Waals surface area (Å²) in [5, 5.41) is 7.03. The molecule has 0 aliphatic rings. The number of aromatic amines is 1. The summed E-state index contributed by atoms with van der Waals surface area (Å²) < 4.78 is 34.4. The number of nitrogens with one attached hydrogen (secondary N) is 1. The van der Waals surface area contributed by atoms with Crippen molar-refractivity contribution in [1.82, 2.24) is 20.3 Å². The SMILES string of the molecule is CC(F)(F)Oc1ccc(Cc2nc3nonc3[nH]c2=O)cc1. The standard InChI is InChI=1S/C13H10F2N4O3/c1-13(14,15)21-8-4-2-7(3-5-8)6-9-12(20)17-11-10(16-9)18-22-19-11/h2-5H,6H2,1H3,(H,17,19,20). The van der Waals surface area contributed by atoms with Gasteiger partial charge >= 0.3 is 6.11 Å². The molecule has 0 unspecified atom stereocenters. The molecular formula is C13H10F2N4O3. The van der Waals surface area contributed by atoms with Gasteiger partial charge in [0.25, 0.3) is 5.56 Å². The number of nitrogens with zero attached hydrogens (tertiary/aromatic N) is 3. The first-order chi connectivity index (χ1) is 10.4. The van der Waals surface area contributed by atoms with Crippen LogP contribution >= 0.6 is 0 Å². The zero-order valence-electron chi connectivity index (χ0n) is 11.3. The Morgan fingerprint density at radius 2 is 2.00 bits per heavy atom. The lowest BCUT2D eigenvalue weighted by Crippen LogP contribution is -2.19. The maximum absolute atomic E-state index is 12.7. The first kappa shape index (κ1) is 14.1. The van der Waals surface area contributed by atoms with Crippen LogP contribution in [0.25, 0.3) is 11.3 Å². The van der Waals surface area contributed by atoms with Crippen molar-refractivity contribution in [3.05, 3.63) is 45.9 Å². The Labute approximate surface area is 121 Å². The van der Waals surface area contributed by atoms with Crippen LogP contribution in [0.1, 0.15) is 18.2 Å². The van der Waals surface area contributed by atoms with E-state index in [1.54, 1.807) is 12.1 Å². The summed E-state index contributed by atoms with van der Waals surface area (Å²) in [7, 11) is 0. The molecule has 114 valence electrons. The number of halogens is 2. The van der Waals surface area contributed by atoms with Gasteiger partial charge in [-0.2, -0.15) is 8.78 Å². The van der Waals surface area contributed by atoms with Crippen molar-refractivity contribution < 1.29 is 18.1 Å². The van der Waals surface area contributed by atoms with Crippen LogP contribution in [-0.4, -0.2) is 26.4 Å². The second-order valence-corrected chi connectivity index (χ2v) is 4.68. The Balaban J connectivity index is 1.82. The van der Waals surface area contributed by atoms with Gasteiger partial charge in [-0.05, 0) is 28.0 Å². The number of ether oxygens (including phenoxy) is 1. The van der Waals surface area contributed by atoms with E-state index in [0.717, 1.165) is 0 Å². The fraction of sp³-hybridized carbons (Fsp3) is 0.231. The minimum Gasteiger partial charge on any atom is -0.433 e. The molecule has 7 nitrogen and oxygen atoms in total. The number of H-pyrrole nitrogens is 1. The van der Waals surface area contributed by atoms with Gasteiger partial charge in [0.1, 0.15) is 11.4 Å². The van der Waals surface area contributed by atoms with Crippen LogP contribution in [0.15, 0.2) is 33.7 Å². The highest BCUT2D eigenvalue weighted by Gasteiger charge is 2.22. The van der Waals surface area contributed by atoms with E-state index in [-0.39, 0.29) is 29.2 Å². The second-order valence-electron chi connectivity index (χ2n) is 4.68. The van der Waals surface area contributed by atoms with E-state index in [9.17, 15) is 13.6 Å². The molecule has 0 fully saturated rings. The van der Waals surface area contributed by atoms with Gasteiger partial charge in [-0.25, -0.2) is 9.61 Å². The molecule has 3 rings (SSSR count). The first-order valence-corrected chi connectivity index (χ1v) is 6.28. The smallest absolute Gasteiger partial charge is 0.394 e. The zero-order valence-corrected chi connectivity index (χ0v) is 11.3. The molecule has 0 atom stereocenters. The molecule has 0 bridgehead atoms. The van der Waals surface area contributed by atoms with E-state index in [4.69, 9.17) is 0 Å². The topological polar surface area (TPSA) is 93.9 Å². The third kappa shape index (κ3) is 3.08. The molecule has 0 amide bonds. The first-order valence-electron chi connectivity index (χ1n) is 6.28. The van der Waals surface area contributed by atoms with Crippen LogP contribution in [-0.2, 0) is 6.42 Å². The number of fused-ring (bicyclic) bond motifs is 1. The number of aromatic nitrogens is 4. The molecule has 0 spiro atoms. The molecule has 1 N–H and O–H groups in total. The second kappa shape index (κ2) is 5.17. The highest BCUT2D eigenvalue weighted by Crippen LogP contribution is 2.21. The van der Waals surface area contributed by atoms with Gasteiger partial charge in [-0.15, -0.1) is 0 Å². The van der Waals surface area contributed by atoms with E-state index in [1.807, 2.05) is 0 Å². The third-order valence-electron chi connectivity index (χ3n) is 2.80. The summed E-state index contributed by atoms with van der Waals surface area (Å²) in [6, 6.07) is 5.95. The number of benzene rings is 1. The van der Waals surface area contributed by atoms with Gasteiger partial charge < -0.3 is 4.74 Å². The third-order valence-corrected chi connectivity index (χ3v) is 2.80. The number of hydrogen-bond donors (Lipinski definition) is 1. The summed E-state index contributed by atoms with van der Waals surface area (Å²) >= 11 is 0. The molecule has 0 radical (unpaired) electrons. The lowest BCUT2D eigenvalue weighted by atomic mass is 10.1. The summed E-state index contributed by atoms with van der Waals surface area (Å²) in [4.78, 5) is 18.4. The molecule has 22 heavy (non-hydrogen) atoms. The Kier molecular flexibility index (Phi) is 3.32. The number of rotatable bonds is 4. The maximum atomic E-state index is 12.7. The Morgan fingerprint density at radius 1 is 1.27 bits per heavy atom. The van der Waals surface area contributed by atoms with Crippen LogP contribution in [0, 0.1) is 0 Å². The average molecular weight is 308 g/mol. The predicted molar refractivity (Wildman–Crippen MR) is 70.7 cm³/mol. The fourth-order valence-electron chi connectivity index (χ4n) is 1.89. The van der Waals surface area contributed by atoms with Gasteiger partial charge in [0.05, 0.1) is 0 Å². The molecule has 2 heterocycles. The molecule has 0 saturated carbocycles. The lowest BCUT2D eigenvalue weighted by molar-refractivity contribution is -0.158. The van der Waals surface area contributed by atoms with Crippen LogP contribution in [0.4, 0.5) is 8.78 Å². The molecule has 1 aromatic carbocycles. The largest absolute Gasteiger partial charge is 0.433 e. The summed E-state index contributed by atoms with van der Waals surface area (Å²) in [5.41, 5.74) is 0.879. The minimum absolute atomic E-state index is 0.0364. The average Bonchev–Trinajstić information content (AvgIpc) is 2.87. The fourth-order valence-corrected chi connectivity index (χ4v) is 1.89. The van der Waals surface area contributed by atoms with Gasteiger partial charge in [0, 0.05) is 13.3 Å². The maximum Gasteiger partial charge on any atom is 0.394 e. The normalized spacial score (nSPS) is 11.8. The van der Waals surface area contributed by atoms with Crippen LogP contribution < -0.4 is 10.3 Å². The molecule has 3 aromatic rings. The molecule has 0 aliphatic heterocycles. The van der Waals surface area contributed by atoms with Crippen LogP contribution in [0.2, 0.25) is 0 Å². The summed E-state index contributed by atoms with van der Waals surface area (Å²) in [6.45, 7) is 0.658. The number of hydrogen-bond acceptors (Lipinski definition) is 6. The quantitative estimate of drug-likeness (QED) is 0.791. The van der Waals surface area contributed by atoms with Crippen molar-refractivity contribution in [3.8, 4) is 5.75 Å². The zero-order chi connectivity index (χ0) is 15.7. The highest BCUT2D eigenvalue weighted by molar-refractivity contribution is 5.62. The monoisotopic (exact) mass is 308 g/mol. The Morgan fingerprint density at radius 3 is 2.68 bits per heavy atom. The van der Waals surface area contributed by atoms with Crippen molar-refractivity contribution in [2.45, 2.75) is 19.5 Å². The lowest BCUT2D eigenvalue weighted by Gasteiger charge is -2.13. The van der Waals surface area contributed by atoms with Crippen molar-refractivity contribution in [1.29, 1.82) is 0 Å². The van der Waals surface area contributed by atoms with Gasteiger partial charge in [0.15, 0.2) is 0 Å². The molecule has 2 aromatic heterocycles.